The lowest BCUT2D eigenvalue weighted by Crippen LogP contribution is -2.40. The van der Waals surface area contributed by atoms with Gasteiger partial charge in [0.1, 0.15) is 0 Å². The van der Waals surface area contributed by atoms with Crippen LogP contribution in [0.5, 0.6) is 0 Å². The van der Waals surface area contributed by atoms with Crippen LogP contribution in [0.1, 0.15) is 43.7 Å². The average Bonchev–Trinajstić information content (AvgIpc) is 2.46. The van der Waals surface area contributed by atoms with Crippen molar-refractivity contribution < 1.29 is 13.2 Å². The molecule has 0 saturated heterocycles. The summed E-state index contributed by atoms with van der Waals surface area (Å²) in [6.07, 6.45) is 5.50. The molecule has 0 spiro atoms. The lowest BCUT2D eigenvalue weighted by atomic mass is 9.92. The Hall–Kier alpha value is -1.56. The molecule has 0 radical (unpaired) electrons. The summed E-state index contributed by atoms with van der Waals surface area (Å²) < 4.78 is 26.9. The van der Waals surface area contributed by atoms with Crippen LogP contribution in [-0.4, -0.2) is 21.0 Å². The Morgan fingerprint density at radius 3 is 2.76 bits per heavy atom. The molecule has 116 valence electrons. The molecule has 0 saturated carbocycles. The molecule has 0 heterocycles. The molecule has 0 aromatic heterocycles. The molecular weight excluding hydrogens is 288 g/mol. The lowest BCUT2D eigenvalue weighted by Gasteiger charge is -2.19. The van der Waals surface area contributed by atoms with E-state index in [9.17, 15) is 13.2 Å². The van der Waals surface area contributed by atoms with Gasteiger partial charge in [0.15, 0.2) is 0 Å². The monoisotopic (exact) mass is 310 g/mol. The number of hydrogen-bond donors (Lipinski definition) is 2. The number of amides is 2. The molecule has 2 amide bonds. The van der Waals surface area contributed by atoms with Gasteiger partial charge in [0.25, 0.3) is 10.0 Å². The number of carbonyl (C=O) groups excluding carboxylic acids is 1. The van der Waals surface area contributed by atoms with Crippen molar-refractivity contribution in [2.75, 3.05) is 6.54 Å². The largest absolute Gasteiger partial charge is 0.337 e. The summed E-state index contributed by atoms with van der Waals surface area (Å²) in [4.78, 5) is 11.9. The molecule has 1 aromatic carbocycles. The first-order valence-corrected chi connectivity index (χ1v) is 8.94. The molecule has 1 aliphatic carbocycles. The molecule has 0 aliphatic heterocycles. The van der Waals surface area contributed by atoms with E-state index >= 15 is 0 Å². The zero-order chi connectivity index (χ0) is 15.3. The molecule has 1 aromatic rings. The smallest absolute Gasteiger partial charge is 0.328 e. The van der Waals surface area contributed by atoms with E-state index in [1.807, 2.05) is 13.0 Å². The molecule has 0 unspecified atom stereocenters. The van der Waals surface area contributed by atoms with E-state index in [2.05, 4.69) is 10.0 Å². The third-order valence-electron chi connectivity index (χ3n) is 3.69. The van der Waals surface area contributed by atoms with Gasteiger partial charge < -0.3 is 5.32 Å². The van der Waals surface area contributed by atoms with Crippen LogP contribution >= 0.6 is 0 Å². The highest BCUT2D eigenvalue weighted by Gasteiger charge is 2.23. The topological polar surface area (TPSA) is 75.3 Å². The normalized spacial score (nSPS) is 14.3. The summed E-state index contributed by atoms with van der Waals surface area (Å²) in [7, 11) is -3.80. The summed E-state index contributed by atoms with van der Waals surface area (Å²) in [5.41, 5.74) is 1.94. The van der Waals surface area contributed by atoms with Gasteiger partial charge in [-0.1, -0.05) is 25.5 Å². The first-order chi connectivity index (χ1) is 10.0. The van der Waals surface area contributed by atoms with Crippen molar-refractivity contribution in [3.8, 4) is 0 Å². The van der Waals surface area contributed by atoms with Crippen molar-refractivity contribution >= 4 is 16.1 Å². The Labute approximate surface area is 126 Å². The molecule has 2 N–H and O–H groups in total. The van der Waals surface area contributed by atoms with Crippen molar-refractivity contribution in [1.82, 2.24) is 10.0 Å². The van der Waals surface area contributed by atoms with E-state index in [1.54, 1.807) is 12.1 Å². The Morgan fingerprint density at radius 1 is 1.24 bits per heavy atom. The summed E-state index contributed by atoms with van der Waals surface area (Å²) in [5.74, 6) is 0. The van der Waals surface area contributed by atoms with Gasteiger partial charge in [0.2, 0.25) is 0 Å². The molecule has 0 fully saturated rings. The molecular formula is C15H22N2O3S. The van der Waals surface area contributed by atoms with Crippen molar-refractivity contribution in [1.29, 1.82) is 0 Å². The number of benzene rings is 1. The first kappa shape index (κ1) is 15.8. The number of hydrogen-bond acceptors (Lipinski definition) is 3. The molecule has 0 atom stereocenters. The second kappa shape index (κ2) is 6.93. The molecule has 6 heteroatoms. The van der Waals surface area contributed by atoms with Gasteiger partial charge in [0, 0.05) is 6.54 Å². The standard InChI is InChI=1S/C15H22N2O3S/c1-2-3-11-16-15(18)17-21(19,20)14-10-6-8-12-7-4-5-9-13(12)14/h6,8,10H,2-5,7,9,11H2,1H3,(H2,16,17,18). The van der Waals surface area contributed by atoms with Gasteiger partial charge in [-0.15, -0.1) is 0 Å². The number of carbonyl (C=O) groups is 1. The predicted molar refractivity (Wildman–Crippen MR) is 81.7 cm³/mol. The van der Waals surface area contributed by atoms with Crippen LogP contribution in [-0.2, 0) is 22.9 Å². The number of sulfonamides is 1. The average molecular weight is 310 g/mol. The lowest BCUT2D eigenvalue weighted by molar-refractivity contribution is 0.245. The van der Waals surface area contributed by atoms with E-state index in [-0.39, 0.29) is 4.90 Å². The second-order valence-corrected chi connectivity index (χ2v) is 6.97. The van der Waals surface area contributed by atoms with E-state index in [0.717, 1.165) is 49.7 Å². The van der Waals surface area contributed by atoms with Crippen LogP contribution in [0.25, 0.3) is 0 Å². The van der Waals surface area contributed by atoms with Gasteiger partial charge in [-0.05, 0) is 49.3 Å². The fourth-order valence-electron chi connectivity index (χ4n) is 2.59. The van der Waals surface area contributed by atoms with Crippen molar-refractivity contribution in [3.05, 3.63) is 29.3 Å². The van der Waals surface area contributed by atoms with Crippen LogP contribution in [0.4, 0.5) is 4.79 Å². The Bertz CT molecular complexity index is 611. The van der Waals surface area contributed by atoms with Gasteiger partial charge in [-0.3, -0.25) is 0 Å². The summed E-state index contributed by atoms with van der Waals surface area (Å²) in [6.45, 7) is 2.48. The van der Waals surface area contributed by atoms with E-state index < -0.39 is 16.1 Å². The maximum Gasteiger partial charge on any atom is 0.328 e. The Morgan fingerprint density at radius 2 is 2.00 bits per heavy atom. The third-order valence-corrected chi connectivity index (χ3v) is 5.10. The third kappa shape index (κ3) is 3.97. The van der Waals surface area contributed by atoms with Crippen LogP contribution in [0.2, 0.25) is 0 Å². The van der Waals surface area contributed by atoms with Crippen LogP contribution < -0.4 is 10.0 Å². The maximum absolute atomic E-state index is 12.4. The van der Waals surface area contributed by atoms with Gasteiger partial charge in [-0.2, -0.15) is 0 Å². The SMILES string of the molecule is CCCCNC(=O)NS(=O)(=O)c1cccc2c1CCCC2. The van der Waals surface area contributed by atoms with E-state index in [4.69, 9.17) is 0 Å². The fraction of sp³-hybridized carbons (Fsp3) is 0.533. The van der Waals surface area contributed by atoms with E-state index in [0.29, 0.717) is 6.54 Å². The van der Waals surface area contributed by atoms with Crippen molar-refractivity contribution in [3.63, 3.8) is 0 Å². The maximum atomic E-state index is 12.4. The minimum Gasteiger partial charge on any atom is -0.337 e. The van der Waals surface area contributed by atoms with Crippen molar-refractivity contribution in [2.24, 2.45) is 0 Å². The number of fused-ring (bicyclic) bond motifs is 1. The number of nitrogens with one attached hydrogen (secondary N) is 2. The van der Waals surface area contributed by atoms with Gasteiger partial charge in [0.05, 0.1) is 4.90 Å². The number of aryl methyl sites for hydroxylation is 1. The highest BCUT2D eigenvalue weighted by atomic mass is 32.2. The molecule has 5 nitrogen and oxygen atoms in total. The van der Waals surface area contributed by atoms with Gasteiger partial charge in [-0.25, -0.2) is 17.9 Å². The molecule has 21 heavy (non-hydrogen) atoms. The Balaban J connectivity index is 2.15. The van der Waals surface area contributed by atoms with Crippen LogP contribution in [0, 0.1) is 0 Å². The number of unbranched alkanes of at least 4 members (excludes halogenated alkanes) is 1. The second-order valence-electron chi connectivity index (χ2n) is 5.32. The highest BCUT2D eigenvalue weighted by Crippen LogP contribution is 2.27. The summed E-state index contributed by atoms with van der Waals surface area (Å²) in [5, 5.41) is 2.56. The fourth-order valence-corrected chi connectivity index (χ4v) is 3.83. The number of urea groups is 1. The highest BCUT2D eigenvalue weighted by molar-refractivity contribution is 7.90. The zero-order valence-corrected chi connectivity index (χ0v) is 13.1. The minimum atomic E-state index is -3.80. The summed E-state index contributed by atoms with van der Waals surface area (Å²) >= 11 is 0. The molecule has 1 aliphatic rings. The first-order valence-electron chi connectivity index (χ1n) is 7.46. The zero-order valence-electron chi connectivity index (χ0n) is 12.3. The Kier molecular flexibility index (Phi) is 5.22. The molecule has 2 rings (SSSR count). The summed E-state index contributed by atoms with van der Waals surface area (Å²) in [6, 6.07) is 4.63. The quantitative estimate of drug-likeness (QED) is 0.820. The molecule has 0 bridgehead atoms. The van der Waals surface area contributed by atoms with E-state index in [1.165, 1.54) is 0 Å². The van der Waals surface area contributed by atoms with Crippen LogP contribution in [0.15, 0.2) is 23.1 Å². The number of rotatable bonds is 5. The predicted octanol–water partition coefficient (Wildman–Crippen LogP) is 2.35. The van der Waals surface area contributed by atoms with Crippen LogP contribution in [0.3, 0.4) is 0 Å². The van der Waals surface area contributed by atoms with Crippen molar-refractivity contribution in [2.45, 2.75) is 50.3 Å². The van der Waals surface area contributed by atoms with Gasteiger partial charge >= 0.3 is 6.03 Å². The minimum absolute atomic E-state index is 0.241.